The molecule has 0 radical (unpaired) electrons. The van der Waals surface area contributed by atoms with E-state index in [9.17, 15) is 9.59 Å². The number of aliphatic hydroxyl groups excluding tert-OH is 2. The summed E-state index contributed by atoms with van der Waals surface area (Å²) in [7, 11) is 0. The van der Waals surface area contributed by atoms with Crippen molar-refractivity contribution in [2.75, 3.05) is 13.2 Å². The fourth-order valence-electron chi connectivity index (χ4n) is 1.10. The van der Waals surface area contributed by atoms with Crippen molar-refractivity contribution >= 4 is 11.8 Å². The van der Waals surface area contributed by atoms with E-state index in [0.717, 1.165) is 0 Å². The van der Waals surface area contributed by atoms with Crippen LogP contribution >= 0.6 is 0 Å². The Bertz CT molecular complexity index is 202. The molecule has 0 spiro atoms. The zero-order chi connectivity index (χ0) is 11.7. The number of rotatable bonds is 8. The number of ether oxygens (including phenoxy) is 1. The Kier molecular flexibility index (Phi) is 7.85. The van der Waals surface area contributed by atoms with Crippen molar-refractivity contribution in [1.29, 1.82) is 0 Å². The molecule has 0 fully saturated rings. The summed E-state index contributed by atoms with van der Waals surface area (Å²) in [6, 6.07) is 0. The van der Waals surface area contributed by atoms with E-state index in [0.29, 0.717) is 19.3 Å². The first-order valence-electron chi connectivity index (χ1n) is 5.00. The summed E-state index contributed by atoms with van der Waals surface area (Å²) in [5.74, 6) is -0.863. The molecule has 2 N–H and O–H groups in total. The molecule has 0 aromatic heterocycles. The summed E-state index contributed by atoms with van der Waals surface area (Å²) < 4.78 is 4.87. The van der Waals surface area contributed by atoms with Crippen LogP contribution in [0.4, 0.5) is 0 Å². The topological polar surface area (TPSA) is 83.8 Å². The Labute approximate surface area is 89.0 Å². The molecule has 0 heterocycles. The third-order valence-corrected chi connectivity index (χ3v) is 1.83. The van der Waals surface area contributed by atoms with Crippen LogP contribution in [0, 0.1) is 0 Å². The van der Waals surface area contributed by atoms with Gasteiger partial charge >= 0.3 is 5.97 Å². The minimum Gasteiger partial charge on any atom is -0.460 e. The molecule has 5 nitrogen and oxygen atoms in total. The second-order valence-electron chi connectivity index (χ2n) is 3.39. The standard InChI is InChI=1S/C10H18O5/c1-8(13)6-10(14)15-9(7-12)4-2-3-5-11/h9,11-12H,2-7H2,1H3/t9-/m1/s1. The highest BCUT2D eigenvalue weighted by atomic mass is 16.6. The first kappa shape index (κ1) is 14.1. The van der Waals surface area contributed by atoms with Gasteiger partial charge in [-0.15, -0.1) is 0 Å². The zero-order valence-electron chi connectivity index (χ0n) is 8.94. The fourth-order valence-corrected chi connectivity index (χ4v) is 1.10. The van der Waals surface area contributed by atoms with E-state index < -0.39 is 12.1 Å². The number of carbonyl (C=O) groups is 2. The fraction of sp³-hybridized carbons (Fsp3) is 0.800. The van der Waals surface area contributed by atoms with Crippen molar-refractivity contribution in [3.05, 3.63) is 0 Å². The average molecular weight is 218 g/mol. The van der Waals surface area contributed by atoms with Crippen LogP contribution in [0.5, 0.6) is 0 Å². The van der Waals surface area contributed by atoms with Crippen LogP contribution in [-0.4, -0.2) is 41.3 Å². The van der Waals surface area contributed by atoms with Gasteiger partial charge in [0.2, 0.25) is 0 Å². The van der Waals surface area contributed by atoms with Gasteiger partial charge in [0.05, 0.1) is 6.61 Å². The Balaban J connectivity index is 3.77. The predicted octanol–water partition coefficient (Wildman–Crippen LogP) is 0.0322. The minimum absolute atomic E-state index is 0.0829. The number of Topliss-reactive ketones (excluding diaryl/α,β-unsaturated/α-hetero) is 1. The van der Waals surface area contributed by atoms with Crippen molar-refractivity contribution < 1.29 is 24.5 Å². The summed E-state index contributed by atoms with van der Waals surface area (Å²) in [5, 5.41) is 17.4. The molecule has 0 aromatic rings. The number of carbonyl (C=O) groups excluding carboxylic acids is 2. The monoisotopic (exact) mass is 218 g/mol. The number of hydrogen-bond acceptors (Lipinski definition) is 5. The number of aliphatic hydroxyl groups is 2. The van der Waals surface area contributed by atoms with E-state index in [-0.39, 0.29) is 25.4 Å². The summed E-state index contributed by atoms with van der Waals surface area (Å²) in [6.07, 6.45) is 0.968. The van der Waals surface area contributed by atoms with Crippen molar-refractivity contribution in [3.63, 3.8) is 0 Å². The highest BCUT2D eigenvalue weighted by Crippen LogP contribution is 2.05. The zero-order valence-corrected chi connectivity index (χ0v) is 8.94. The Morgan fingerprint density at radius 1 is 1.27 bits per heavy atom. The van der Waals surface area contributed by atoms with Gasteiger partial charge < -0.3 is 14.9 Å². The molecular weight excluding hydrogens is 200 g/mol. The molecule has 0 aromatic carbocycles. The van der Waals surface area contributed by atoms with E-state index in [2.05, 4.69) is 0 Å². The molecule has 0 unspecified atom stereocenters. The molecule has 1 atom stereocenters. The molecule has 0 amide bonds. The smallest absolute Gasteiger partial charge is 0.313 e. The van der Waals surface area contributed by atoms with Gasteiger partial charge in [-0.3, -0.25) is 9.59 Å². The number of ketones is 1. The van der Waals surface area contributed by atoms with E-state index in [4.69, 9.17) is 14.9 Å². The van der Waals surface area contributed by atoms with Crippen molar-refractivity contribution in [2.45, 2.75) is 38.7 Å². The quantitative estimate of drug-likeness (QED) is 0.341. The Hall–Kier alpha value is -0.940. The molecule has 5 heteroatoms. The minimum atomic E-state index is -0.606. The third kappa shape index (κ3) is 8.08. The molecule has 15 heavy (non-hydrogen) atoms. The van der Waals surface area contributed by atoms with Crippen LogP contribution in [0.25, 0.3) is 0 Å². The van der Waals surface area contributed by atoms with E-state index >= 15 is 0 Å². The van der Waals surface area contributed by atoms with Crippen LogP contribution in [0.3, 0.4) is 0 Å². The molecule has 0 saturated carbocycles. The van der Waals surface area contributed by atoms with E-state index in [1.165, 1.54) is 6.92 Å². The molecule has 0 aliphatic heterocycles. The lowest BCUT2D eigenvalue weighted by Crippen LogP contribution is -2.23. The average Bonchev–Trinajstić information content (AvgIpc) is 2.15. The lowest BCUT2D eigenvalue weighted by molar-refractivity contribution is -0.152. The van der Waals surface area contributed by atoms with Gasteiger partial charge in [-0.1, -0.05) is 0 Å². The highest BCUT2D eigenvalue weighted by Gasteiger charge is 2.14. The number of esters is 1. The largest absolute Gasteiger partial charge is 0.460 e. The molecule has 0 bridgehead atoms. The van der Waals surface area contributed by atoms with Crippen molar-refractivity contribution in [3.8, 4) is 0 Å². The van der Waals surface area contributed by atoms with Gasteiger partial charge in [-0.25, -0.2) is 0 Å². The van der Waals surface area contributed by atoms with Crippen LogP contribution in [0.1, 0.15) is 32.6 Å². The van der Waals surface area contributed by atoms with E-state index in [1.807, 2.05) is 0 Å². The van der Waals surface area contributed by atoms with Gasteiger partial charge in [-0.2, -0.15) is 0 Å². The predicted molar refractivity (Wildman–Crippen MR) is 53.2 cm³/mol. The second-order valence-corrected chi connectivity index (χ2v) is 3.39. The molecule has 88 valence electrons. The van der Waals surface area contributed by atoms with E-state index in [1.54, 1.807) is 0 Å². The number of unbranched alkanes of at least 4 members (excludes halogenated alkanes) is 1. The van der Waals surface area contributed by atoms with Crippen LogP contribution < -0.4 is 0 Å². The lowest BCUT2D eigenvalue weighted by atomic mass is 10.1. The molecule has 0 saturated heterocycles. The maximum atomic E-state index is 11.1. The van der Waals surface area contributed by atoms with Crippen molar-refractivity contribution in [1.82, 2.24) is 0 Å². The lowest BCUT2D eigenvalue weighted by Gasteiger charge is -2.14. The Morgan fingerprint density at radius 2 is 1.93 bits per heavy atom. The molecule has 0 aliphatic carbocycles. The SMILES string of the molecule is CC(=O)CC(=O)O[C@@H](CO)CCCCO. The maximum Gasteiger partial charge on any atom is 0.313 e. The third-order valence-electron chi connectivity index (χ3n) is 1.83. The summed E-state index contributed by atoms with van der Waals surface area (Å²) >= 11 is 0. The van der Waals surface area contributed by atoms with Crippen LogP contribution in [0.2, 0.25) is 0 Å². The summed E-state index contributed by atoms with van der Waals surface area (Å²) in [5.41, 5.74) is 0. The summed E-state index contributed by atoms with van der Waals surface area (Å²) in [6.45, 7) is 1.13. The molecular formula is C10H18O5. The van der Waals surface area contributed by atoms with Crippen molar-refractivity contribution in [2.24, 2.45) is 0 Å². The Morgan fingerprint density at radius 3 is 2.40 bits per heavy atom. The normalized spacial score (nSPS) is 12.2. The molecule has 0 rings (SSSR count). The van der Waals surface area contributed by atoms with Crippen LogP contribution in [0.15, 0.2) is 0 Å². The van der Waals surface area contributed by atoms with Gasteiger partial charge in [-0.05, 0) is 26.2 Å². The van der Waals surface area contributed by atoms with Gasteiger partial charge in [0.1, 0.15) is 18.3 Å². The number of hydrogen-bond donors (Lipinski definition) is 2. The first-order chi connectivity index (χ1) is 7.10. The summed E-state index contributed by atoms with van der Waals surface area (Å²) in [4.78, 5) is 21.6. The van der Waals surface area contributed by atoms with Gasteiger partial charge in [0.25, 0.3) is 0 Å². The first-order valence-corrected chi connectivity index (χ1v) is 5.00. The van der Waals surface area contributed by atoms with Crippen LogP contribution in [-0.2, 0) is 14.3 Å². The second kappa shape index (κ2) is 8.38. The van der Waals surface area contributed by atoms with Gasteiger partial charge in [0, 0.05) is 6.61 Å². The van der Waals surface area contributed by atoms with Gasteiger partial charge in [0.15, 0.2) is 0 Å². The molecule has 0 aliphatic rings. The highest BCUT2D eigenvalue weighted by molar-refractivity contribution is 5.94. The maximum absolute atomic E-state index is 11.1.